The molecule has 1 amide bonds. The molecule has 29 heavy (non-hydrogen) atoms. The van der Waals surface area contributed by atoms with Crippen LogP contribution in [-0.4, -0.2) is 57.4 Å². The quantitative estimate of drug-likeness (QED) is 0.479. The van der Waals surface area contributed by atoms with E-state index in [1.54, 1.807) is 7.11 Å². The zero-order chi connectivity index (χ0) is 21.3. The lowest BCUT2D eigenvalue weighted by Gasteiger charge is -2.38. The van der Waals surface area contributed by atoms with Crippen LogP contribution >= 0.6 is 0 Å². The van der Waals surface area contributed by atoms with E-state index in [1.165, 1.54) is 5.56 Å². The fourth-order valence-corrected chi connectivity index (χ4v) is 3.48. The summed E-state index contributed by atoms with van der Waals surface area (Å²) in [5, 5.41) is 9.62. The van der Waals surface area contributed by atoms with Crippen molar-refractivity contribution in [2.75, 3.05) is 40.0 Å². The summed E-state index contributed by atoms with van der Waals surface area (Å²) >= 11 is 0. The smallest absolute Gasteiger partial charge is 0.242 e. The Morgan fingerprint density at radius 1 is 1.17 bits per heavy atom. The van der Waals surface area contributed by atoms with Gasteiger partial charge in [0.2, 0.25) is 5.91 Å². The molecule has 1 aliphatic heterocycles. The summed E-state index contributed by atoms with van der Waals surface area (Å²) in [4.78, 5) is 16.6. The number of hydrogen-bond acceptors (Lipinski definition) is 4. The molecule has 2 rings (SSSR count). The standard InChI is InChI=1S/C22H36N4O3/c1-6-23-20(24-15-19(27)26-21(2,3)4)25-16-22(11-13-29-14-12-22)17-7-9-18(28-5)10-8-17/h7-10H,6,11-16H2,1-5H3,(H,26,27)(H2,23,24,25). The number of aliphatic imine (C=N–C) groups is 1. The van der Waals surface area contributed by atoms with E-state index in [0.717, 1.165) is 44.9 Å². The molecule has 0 atom stereocenters. The molecular weight excluding hydrogens is 368 g/mol. The van der Waals surface area contributed by atoms with Crippen LogP contribution in [0.25, 0.3) is 0 Å². The first-order chi connectivity index (χ1) is 13.8. The molecule has 7 heteroatoms. The predicted molar refractivity (Wildman–Crippen MR) is 117 cm³/mol. The average molecular weight is 405 g/mol. The molecule has 0 aliphatic carbocycles. The van der Waals surface area contributed by atoms with E-state index in [1.807, 2.05) is 39.8 Å². The van der Waals surface area contributed by atoms with Gasteiger partial charge < -0.3 is 25.4 Å². The van der Waals surface area contributed by atoms with Gasteiger partial charge in [-0.15, -0.1) is 0 Å². The molecule has 0 unspecified atom stereocenters. The Hall–Kier alpha value is -2.28. The summed E-state index contributed by atoms with van der Waals surface area (Å²) in [6.07, 6.45) is 1.85. The second kappa shape index (κ2) is 10.5. The van der Waals surface area contributed by atoms with Crippen molar-refractivity contribution in [2.45, 2.75) is 51.5 Å². The SMILES string of the molecule is CCNC(=NCC(=O)NC(C)(C)C)NCC1(c2ccc(OC)cc2)CCOCC1. The Bertz CT molecular complexity index is 674. The highest BCUT2D eigenvalue weighted by atomic mass is 16.5. The predicted octanol–water partition coefficient (Wildman–Crippen LogP) is 2.21. The minimum atomic E-state index is -0.265. The molecule has 0 bridgehead atoms. The monoisotopic (exact) mass is 404 g/mol. The average Bonchev–Trinajstić information content (AvgIpc) is 2.69. The number of benzene rings is 1. The number of carbonyl (C=O) groups is 1. The number of nitrogens with zero attached hydrogens (tertiary/aromatic N) is 1. The maximum Gasteiger partial charge on any atom is 0.242 e. The van der Waals surface area contributed by atoms with Crippen molar-refractivity contribution in [3.8, 4) is 5.75 Å². The van der Waals surface area contributed by atoms with Crippen LogP contribution in [0.1, 0.15) is 46.1 Å². The van der Waals surface area contributed by atoms with Gasteiger partial charge in [-0.3, -0.25) is 4.79 Å². The van der Waals surface area contributed by atoms with Gasteiger partial charge in [-0.2, -0.15) is 0 Å². The Morgan fingerprint density at radius 3 is 2.38 bits per heavy atom. The number of methoxy groups -OCH3 is 1. The first-order valence-electron chi connectivity index (χ1n) is 10.3. The maximum absolute atomic E-state index is 12.1. The summed E-state index contributed by atoms with van der Waals surface area (Å²) in [6, 6.07) is 8.27. The van der Waals surface area contributed by atoms with Crippen LogP contribution in [0.5, 0.6) is 5.75 Å². The third-order valence-corrected chi connectivity index (χ3v) is 4.99. The van der Waals surface area contributed by atoms with Crippen LogP contribution in [0.15, 0.2) is 29.3 Å². The van der Waals surface area contributed by atoms with Gasteiger partial charge in [0, 0.05) is 37.3 Å². The summed E-state index contributed by atoms with van der Waals surface area (Å²) in [7, 11) is 1.68. The van der Waals surface area contributed by atoms with E-state index in [0.29, 0.717) is 5.96 Å². The number of hydrogen-bond donors (Lipinski definition) is 3. The lowest BCUT2D eigenvalue weighted by atomic mass is 9.74. The van der Waals surface area contributed by atoms with Gasteiger partial charge in [-0.1, -0.05) is 12.1 Å². The lowest BCUT2D eigenvalue weighted by Crippen LogP contribution is -2.48. The van der Waals surface area contributed by atoms with Gasteiger partial charge >= 0.3 is 0 Å². The van der Waals surface area contributed by atoms with E-state index in [2.05, 4.69) is 33.1 Å². The Morgan fingerprint density at radius 2 is 1.83 bits per heavy atom. The van der Waals surface area contributed by atoms with E-state index in [-0.39, 0.29) is 23.4 Å². The van der Waals surface area contributed by atoms with Crippen LogP contribution in [-0.2, 0) is 14.9 Å². The third-order valence-electron chi connectivity index (χ3n) is 4.99. The topological polar surface area (TPSA) is 84.0 Å². The highest BCUT2D eigenvalue weighted by Crippen LogP contribution is 2.35. The minimum absolute atomic E-state index is 0.0472. The highest BCUT2D eigenvalue weighted by Gasteiger charge is 2.34. The fraction of sp³-hybridized carbons (Fsp3) is 0.636. The first-order valence-corrected chi connectivity index (χ1v) is 10.3. The number of amides is 1. The molecule has 0 spiro atoms. The summed E-state index contributed by atoms with van der Waals surface area (Å²) in [5.41, 5.74) is 0.947. The van der Waals surface area contributed by atoms with Crippen LogP contribution < -0.4 is 20.7 Å². The molecule has 1 saturated heterocycles. The molecule has 1 heterocycles. The maximum atomic E-state index is 12.1. The van der Waals surface area contributed by atoms with Crippen molar-refractivity contribution >= 4 is 11.9 Å². The Labute approximate surface area is 174 Å². The fourth-order valence-electron chi connectivity index (χ4n) is 3.48. The van der Waals surface area contributed by atoms with Crippen molar-refractivity contribution in [1.29, 1.82) is 0 Å². The lowest BCUT2D eigenvalue weighted by molar-refractivity contribution is -0.121. The molecule has 1 aromatic carbocycles. The van der Waals surface area contributed by atoms with Crippen LogP contribution in [0.4, 0.5) is 0 Å². The van der Waals surface area contributed by atoms with Crippen molar-refractivity contribution in [2.24, 2.45) is 4.99 Å². The molecule has 1 aromatic rings. The zero-order valence-electron chi connectivity index (χ0n) is 18.4. The summed E-state index contributed by atoms with van der Waals surface area (Å²) < 4.78 is 10.9. The van der Waals surface area contributed by atoms with Crippen molar-refractivity contribution in [3.05, 3.63) is 29.8 Å². The number of guanidine groups is 1. The largest absolute Gasteiger partial charge is 0.497 e. The molecule has 1 fully saturated rings. The van der Waals surface area contributed by atoms with Gasteiger partial charge in [0.15, 0.2) is 5.96 Å². The van der Waals surface area contributed by atoms with Crippen LogP contribution in [0.2, 0.25) is 0 Å². The van der Waals surface area contributed by atoms with E-state index in [4.69, 9.17) is 9.47 Å². The number of nitrogens with one attached hydrogen (secondary N) is 3. The summed E-state index contributed by atoms with van der Waals surface area (Å²) in [6.45, 7) is 10.9. The molecule has 0 radical (unpaired) electrons. The molecule has 0 saturated carbocycles. The minimum Gasteiger partial charge on any atom is -0.497 e. The van der Waals surface area contributed by atoms with Crippen molar-refractivity contribution in [1.82, 2.24) is 16.0 Å². The van der Waals surface area contributed by atoms with E-state index < -0.39 is 0 Å². The number of ether oxygens (including phenoxy) is 2. The number of carbonyl (C=O) groups excluding carboxylic acids is 1. The molecule has 3 N–H and O–H groups in total. The Balaban J connectivity index is 2.10. The first kappa shape index (κ1) is 23.0. The van der Waals surface area contributed by atoms with Crippen molar-refractivity contribution < 1.29 is 14.3 Å². The van der Waals surface area contributed by atoms with Gasteiger partial charge in [-0.05, 0) is 58.2 Å². The number of rotatable bonds is 7. The molecule has 7 nitrogen and oxygen atoms in total. The van der Waals surface area contributed by atoms with Crippen LogP contribution in [0.3, 0.4) is 0 Å². The normalized spacial score (nSPS) is 16.8. The third kappa shape index (κ3) is 7.24. The zero-order valence-corrected chi connectivity index (χ0v) is 18.4. The Kier molecular flexibility index (Phi) is 8.32. The highest BCUT2D eigenvalue weighted by molar-refractivity contribution is 5.85. The van der Waals surface area contributed by atoms with Gasteiger partial charge in [-0.25, -0.2) is 4.99 Å². The molecule has 1 aliphatic rings. The molecule has 0 aromatic heterocycles. The van der Waals surface area contributed by atoms with Crippen molar-refractivity contribution in [3.63, 3.8) is 0 Å². The van der Waals surface area contributed by atoms with E-state index in [9.17, 15) is 4.79 Å². The molecule has 162 valence electrons. The van der Waals surface area contributed by atoms with Gasteiger partial charge in [0.05, 0.1) is 7.11 Å². The van der Waals surface area contributed by atoms with Gasteiger partial charge in [0.1, 0.15) is 12.3 Å². The second-order valence-corrected chi connectivity index (χ2v) is 8.47. The van der Waals surface area contributed by atoms with Gasteiger partial charge in [0.25, 0.3) is 0 Å². The van der Waals surface area contributed by atoms with E-state index >= 15 is 0 Å². The molecular formula is C22H36N4O3. The van der Waals surface area contributed by atoms with Crippen LogP contribution in [0, 0.1) is 0 Å². The summed E-state index contributed by atoms with van der Waals surface area (Å²) in [5.74, 6) is 1.41. The second-order valence-electron chi connectivity index (χ2n) is 8.47.